The standard InChI is InChI=1S/C20H17ClFN7O3S/c1-24-18-13(6-10-8-26-20(23)28-17(10)27-18)12-4-3-5-14(16(12)22)29-33(30,31)15-7-11(21)9-25-19(15)32-2/h3-9,29H,1-2H3,(H3,23,24,26,27,28). The van der Waals surface area contributed by atoms with Gasteiger partial charge in [0.05, 0.1) is 17.8 Å². The summed E-state index contributed by atoms with van der Waals surface area (Å²) in [5.41, 5.74) is 6.13. The molecule has 3 aromatic heterocycles. The molecular formula is C20H17ClFN7O3S. The quantitative estimate of drug-likeness (QED) is 0.371. The van der Waals surface area contributed by atoms with Crippen LogP contribution in [-0.2, 0) is 10.0 Å². The van der Waals surface area contributed by atoms with Crippen LogP contribution >= 0.6 is 11.6 Å². The zero-order valence-corrected chi connectivity index (χ0v) is 18.9. The van der Waals surface area contributed by atoms with Gasteiger partial charge in [0.25, 0.3) is 10.0 Å². The van der Waals surface area contributed by atoms with Gasteiger partial charge >= 0.3 is 0 Å². The van der Waals surface area contributed by atoms with Gasteiger partial charge < -0.3 is 15.8 Å². The Morgan fingerprint density at radius 2 is 1.91 bits per heavy atom. The number of nitrogens with two attached hydrogens (primary N) is 1. The molecule has 3 heterocycles. The fraction of sp³-hybridized carbons (Fsp3) is 0.100. The number of hydrogen-bond donors (Lipinski definition) is 3. The molecule has 0 unspecified atom stereocenters. The van der Waals surface area contributed by atoms with Crippen molar-refractivity contribution in [3.05, 3.63) is 53.6 Å². The maximum Gasteiger partial charge on any atom is 0.267 e. The van der Waals surface area contributed by atoms with Gasteiger partial charge in [0, 0.05) is 36.0 Å². The third-order valence-electron chi connectivity index (χ3n) is 4.63. The summed E-state index contributed by atoms with van der Waals surface area (Å²) in [5, 5.41) is 3.49. The molecule has 1 aromatic carbocycles. The highest BCUT2D eigenvalue weighted by Crippen LogP contribution is 2.35. The Bertz CT molecular complexity index is 1480. The Labute approximate surface area is 193 Å². The SMILES string of the molecule is CNc1nc2nc(N)ncc2cc1-c1cccc(NS(=O)(=O)c2cc(Cl)cnc2OC)c1F. The maximum atomic E-state index is 15.5. The number of nitrogen functional groups attached to an aromatic ring is 1. The molecule has 170 valence electrons. The van der Waals surface area contributed by atoms with E-state index in [-0.39, 0.29) is 33.0 Å². The van der Waals surface area contributed by atoms with Gasteiger partial charge in [-0.25, -0.2) is 27.8 Å². The van der Waals surface area contributed by atoms with Crippen LogP contribution < -0.4 is 20.5 Å². The molecule has 0 fully saturated rings. The molecule has 0 spiro atoms. The highest BCUT2D eigenvalue weighted by Gasteiger charge is 2.24. The van der Waals surface area contributed by atoms with Crippen LogP contribution in [0.5, 0.6) is 5.88 Å². The molecule has 0 aliphatic carbocycles. The molecule has 0 amide bonds. The van der Waals surface area contributed by atoms with E-state index in [2.05, 4.69) is 30.0 Å². The van der Waals surface area contributed by atoms with Crippen LogP contribution in [0.3, 0.4) is 0 Å². The smallest absolute Gasteiger partial charge is 0.267 e. The molecule has 0 aliphatic heterocycles. The van der Waals surface area contributed by atoms with Gasteiger partial charge in [0.2, 0.25) is 11.8 Å². The molecule has 33 heavy (non-hydrogen) atoms. The summed E-state index contributed by atoms with van der Waals surface area (Å²) in [6.07, 6.45) is 2.71. The van der Waals surface area contributed by atoms with Crippen LogP contribution in [0.1, 0.15) is 0 Å². The van der Waals surface area contributed by atoms with E-state index in [0.29, 0.717) is 22.4 Å². The zero-order valence-electron chi connectivity index (χ0n) is 17.3. The van der Waals surface area contributed by atoms with Crippen molar-refractivity contribution in [1.29, 1.82) is 0 Å². The van der Waals surface area contributed by atoms with E-state index >= 15 is 4.39 Å². The van der Waals surface area contributed by atoms with E-state index in [0.717, 1.165) is 6.07 Å². The lowest BCUT2D eigenvalue weighted by molar-refractivity contribution is 0.385. The van der Waals surface area contributed by atoms with Gasteiger partial charge in [-0.05, 0) is 18.2 Å². The van der Waals surface area contributed by atoms with E-state index < -0.39 is 15.8 Å². The van der Waals surface area contributed by atoms with Crippen LogP contribution in [0.2, 0.25) is 5.02 Å². The summed E-state index contributed by atoms with van der Waals surface area (Å²) in [6, 6.07) is 7.09. The van der Waals surface area contributed by atoms with Crippen LogP contribution in [0, 0.1) is 5.82 Å². The van der Waals surface area contributed by atoms with E-state index in [9.17, 15) is 8.42 Å². The largest absolute Gasteiger partial charge is 0.480 e. The monoisotopic (exact) mass is 489 g/mol. The summed E-state index contributed by atoms with van der Waals surface area (Å²) in [4.78, 5) is 15.9. The molecule has 4 aromatic rings. The highest BCUT2D eigenvalue weighted by atomic mass is 35.5. The number of halogens is 2. The Kier molecular flexibility index (Phi) is 5.87. The summed E-state index contributed by atoms with van der Waals surface area (Å²) in [5.74, 6) is -0.624. The topological polar surface area (TPSA) is 145 Å². The fourth-order valence-corrected chi connectivity index (χ4v) is 4.57. The van der Waals surface area contributed by atoms with E-state index in [1.54, 1.807) is 13.1 Å². The van der Waals surface area contributed by atoms with Crippen molar-refractivity contribution < 1.29 is 17.5 Å². The number of ether oxygens (including phenoxy) is 1. The van der Waals surface area contributed by atoms with E-state index in [1.165, 1.54) is 37.7 Å². The number of hydrogen-bond acceptors (Lipinski definition) is 9. The molecule has 10 nitrogen and oxygen atoms in total. The van der Waals surface area contributed by atoms with Crippen molar-refractivity contribution in [2.24, 2.45) is 0 Å². The number of benzene rings is 1. The third kappa shape index (κ3) is 4.30. The van der Waals surface area contributed by atoms with Crippen molar-refractivity contribution in [2.45, 2.75) is 4.90 Å². The first-order valence-electron chi connectivity index (χ1n) is 9.35. The van der Waals surface area contributed by atoms with Gasteiger partial charge in [-0.1, -0.05) is 23.7 Å². The molecule has 4 rings (SSSR count). The van der Waals surface area contributed by atoms with Crippen LogP contribution in [0.4, 0.5) is 21.8 Å². The molecule has 4 N–H and O–H groups in total. The van der Waals surface area contributed by atoms with Crippen molar-refractivity contribution >= 4 is 50.1 Å². The number of fused-ring (bicyclic) bond motifs is 1. The number of aromatic nitrogens is 4. The molecule has 0 atom stereocenters. The van der Waals surface area contributed by atoms with Crippen molar-refractivity contribution in [1.82, 2.24) is 19.9 Å². The van der Waals surface area contributed by atoms with E-state index in [1.807, 2.05) is 0 Å². The first kappa shape index (κ1) is 22.4. The summed E-state index contributed by atoms with van der Waals surface area (Å²) in [6.45, 7) is 0. The molecule has 0 saturated carbocycles. The van der Waals surface area contributed by atoms with Crippen LogP contribution in [0.15, 0.2) is 47.6 Å². The van der Waals surface area contributed by atoms with Crippen LogP contribution in [0.25, 0.3) is 22.2 Å². The lowest BCUT2D eigenvalue weighted by Crippen LogP contribution is -2.16. The number of nitrogens with one attached hydrogen (secondary N) is 2. The molecule has 0 saturated heterocycles. The second-order valence-corrected chi connectivity index (χ2v) is 8.80. The number of anilines is 3. The third-order valence-corrected chi connectivity index (χ3v) is 6.19. The number of nitrogens with zero attached hydrogens (tertiary/aromatic N) is 4. The minimum absolute atomic E-state index is 0.0540. The number of sulfonamides is 1. The molecule has 0 radical (unpaired) electrons. The molecule has 0 aliphatic rings. The van der Waals surface area contributed by atoms with Crippen molar-refractivity contribution in [3.63, 3.8) is 0 Å². The zero-order chi connectivity index (χ0) is 23.8. The average molecular weight is 490 g/mol. The van der Waals surface area contributed by atoms with Gasteiger partial charge in [-0.3, -0.25) is 4.72 Å². The molecule has 13 heteroatoms. The Morgan fingerprint density at radius 3 is 2.64 bits per heavy atom. The number of methoxy groups -OCH3 is 1. The predicted octanol–water partition coefficient (Wildman–Crippen LogP) is 3.31. The van der Waals surface area contributed by atoms with Gasteiger partial charge in [-0.15, -0.1) is 0 Å². The normalized spacial score (nSPS) is 11.4. The second kappa shape index (κ2) is 8.64. The molecule has 0 bridgehead atoms. The number of rotatable bonds is 6. The lowest BCUT2D eigenvalue weighted by Gasteiger charge is -2.15. The van der Waals surface area contributed by atoms with Gasteiger partial charge in [0.15, 0.2) is 16.4 Å². The Morgan fingerprint density at radius 1 is 1.12 bits per heavy atom. The summed E-state index contributed by atoms with van der Waals surface area (Å²) < 4.78 is 48.7. The predicted molar refractivity (Wildman–Crippen MR) is 123 cm³/mol. The highest BCUT2D eigenvalue weighted by molar-refractivity contribution is 7.92. The fourth-order valence-electron chi connectivity index (χ4n) is 3.15. The second-order valence-electron chi connectivity index (χ2n) is 6.71. The Hall–Kier alpha value is -3.77. The van der Waals surface area contributed by atoms with Crippen LogP contribution in [-0.4, -0.2) is 42.5 Å². The van der Waals surface area contributed by atoms with Gasteiger partial charge in [-0.2, -0.15) is 4.98 Å². The minimum Gasteiger partial charge on any atom is -0.480 e. The minimum atomic E-state index is -4.28. The Balaban J connectivity index is 1.81. The summed E-state index contributed by atoms with van der Waals surface area (Å²) >= 11 is 5.89. The van der Waals surface area contributed by atoms with Crippen molar-refractivity contribution in [3.8, 4) is 17.0 Å². The average Bonchev–Trinajstić information content (AvgIpc) is 2.79. The van der Waals surface area contributed by atoms with E-state index in [4.69, 9.17) is 22.1 Å². The van der Waals surface area contributed by atoms with Gasteiger partial charge in [0.1, 0.15) is 5.82 Å². The van der Waals surface area contributed by atoms with Crippen molar-refractivity contribution in [2.75, 3.05) is 29.9 Å². The lowest BCUT2D eigenvalue weighted by atomic mass is 10.0. The first-order valence-corrected chi connectivity index (χ1v) is 11.2. The molecular weight excluding hydrogens is 473 g/mol. The maximum absolute atomic E-state index is 15.5. The number of pyridine rings is 2. The first-order chi connectivity index (χ1) is 15.7. The summed E-state index contributed by atoms with van der Waals surface area (Å²) in [7, 11) is -1.40.